The van der Waals surface area contributed by atoms with Crippen LogP contribution in [0.5, 0.6) is 0 Å². The second kappa shape index (κ2) is 6.18. The Labute approximate surface area is 109 Å². The van der Waals surface area contributed by atoms with Gasteiger partial charge in [0, 0.05) is 13.6 Å². The molecule has 0 aromatic carbocycles. The lowest BCUT2D eigenvalue weighted by atomic mass is 9.89. The van der Waals surface area contributed by atoms with Crippen LogP contribution in [0.2, 0.25) is 0 Å². The van der Waals surface area contributed by atoms with Crippen LogP contribution in [0, 0.1) is 5.92 Å². The highest BCUT2D eigenvalue weighted by atomic mass is 16.4. The fourth-order valence-electron chi connectivity index (χ4n) is 2.51. The van der Waals surface area contributed by atoms with Crippen molar-refractivity contribution in [3.05, 3.63) is 5.89 Å². The lowest BCUT2D eigenvalue weighted by molar-refractivity contribution is 0.353. The first kappa shape index (κ1) is 13.3. The van der Waals surface area contributed by atoms with E-state index in [4.69, 9.17) is 4.42 Å². The van der Waals surface area contributed by atoms with Gasteiger partial charge in [-0.1, -0.05) is 24.4 Å². The molecule has 5 nitrogen and oxygen atoms in total. The fraction of sp³-hybridized carbons (Fsp3) is 0.846. The third kappa shape index (κ3) is 3.22. The molecule has 18 heavy (non-hydrogen) atoms. The lowest BCUT2D eigenvalue weighted by Crippen LogP contribution is -2.27. The van der Waals surface area contributed by atoms with Crippen molar-refractivity contribution < 1.29 is 4.42 Å². The van der Waals surface area contributed by atoms with Gasteiger partial charge < -0.3 is 14.6 Å². The standard InChI is InChI=1S/C13H24N4O/c1-10(14-2)12-15-16-13(18-12)17(3)9-11-7-5-4-6-8-11/h10-11,14H,4-9H2,1-3H3. The molecule has 0 aliphatic heterocycles. The van der Waals surface area contributed by atoms with Gasteiger partial charge in [0.05, 0.1) is 6.04 Å². The fourth-order valence-corrected chi connectivity index (χ4v) is 2.51. The molecule has 1 fully saturated rings. The minimum Gasteiger partial charge on any atom is -0.406 e. The number of aromatic nitrogens is 2. The highest BCUT2D eigenvalue weighted by Gasteiger charge is 2.19. The van der Waals surface area contributed by atoms with Crippen LogP contribution in [0.4, 0.5) is 6.01 Å². The smallest absolute Gasteiger partial charge is 0.317 e. The number of hydrogen-bond acceptors (Lipinski definition) is 5. The van der Waals surface area contributed by atoms with Crippen molar-refractivity contribution in [2.75, 3.05) is 25.5 Å². The summed E-state index contributed by atoms with van der Waals surface area (Å²) >= 11 is 0. The van der Waals surface area contributed by atoms with Gasteiger partial charge in [0.2, 0.25) is 5.89 Å². The zero-order valence-corrected chi connectivity index (χ0v) is 11.6. The molecule has 1 aliphatic carbocycles. The summed E-state index contributed by atoms with van der Waals surface area (Å²) in [7, 11) is 3.93. The normalized spacial score (nSPS) is 18.8. The highest BCUT2D eigenvalue weighted by molar-refractivity contribution is 5.22. The lowest BCUT2D eigenvalue weighted by Gasteiger charge is -2.25. The van der Waals surface area contributed by atoms with Crippen molar-refractivity contribution in [1.29, 1.82) is 0 Å². The van der Waals surface area contributed by atoms with Crippen LogP contribution in [0.15, 0.2) is 4.42 Å². The maximum Gasteiger partial charge on any atom is 0.317 e. The van der Waals surface area contributed by atoms with Crippen LogP contribution < -0.4 is 10.2 Å². The second-order valence-corrected chi connectivity index (χ2v) is 5.32. The van der Waals surface area contributed by atoms with Crippen molar-refractivity contribution in [3.8, 4) is 0 Å². The second-order valence-electron chi connectivity index (χ2n) is 5.32. The van der Waals surface area contributed by atoms with Crippen molar-refractivity contribution in [2.45, 2.75) is 45.1 Å². The molecule has 0 amide bonds. The van der Waals surface area contributed by atoms with Gasteiger partial charge >= 0.3 is 6.01 Å². The van der Waals surface area contributed by atoms with Crippen LogP contribution >= 0.6 is 0 Å². The Morgan fingerprint density at radius 1 is 1.33 bits per heavy atom. The molecule has 5 heteroatoms. The van der Waals surface area contributed by atoms with E-state index in [1.165, 1.54) is 32.1 Å². The molecular weight excluding hydrogens is 228 g/mol. The topological polar surface area (TPSA) is 54.2 Å². The summed E-state index contributed by atoms with van der Waals surface area (Å²) in [5.41, 5.74) is 0. The molecule has 2 rings (SSSR count). The van der Waals surface area contributed by atoms with Crippen LogP contribution in [0.3, 0.4) is 0 Å². The summed E-state index contributed by atoms with van der Waals surface area (Å²) in [5, 5.41) is 11.3. The Morgan fingerprint density at radius 2 is 2.06 bits per heavy atom. The summed E-state index contributed by atoms with van der Waals surface area (Å²) in [6.45, 7) is 3.04. The van der Waals surface area contributed by atoms with E-state index in [0.717, 1.165) is 12.5 Å². The van der Waals surface area contributed by atoms with Crippen molar-refractivity contribution >= 4 is 6.01 Å². The van der Waals surface area contributed by atoms with E-state index >= 15 is 0 Å². The van der Waals surface area contributed by atoms with Crippen molar-refractivity contribution in [1.82, 2.24) is 15.5 Å². The number of anilines is 1. The minimum atomic E-state index is 0.106. The maximum absolute atomic E-state index is 5.68. The molecule has 1 aliphatic rings. The average Bonchev–Trinajstić information content (AvgIpc) is 2.88. The zero-order valence-electron chi connectivity index (χ0n) is 11.6. The number of nitrogens with one attached hydrogen (secondary N) is 1. The van der Waals surface area contributed by atoms with Gasteiger partial charge in [-0.2, -0.15) is 0 Å². The summed E-state index contributed by atoms with van der Waals surface area (Å²) in [5.74, 6) is 1.43. The molecule has 1 aromatic rings. The van der Waals surface area contributed by atoms with Crippen molar-refractivity contribution in [2.24, 2.45) is 5.92 Å². The molecular formula is C13H24N4O. The largest absolute Gasteiger partial charge is 0.406 e. The molecule has 1 heterocycles. The maximum atomic E-state index is 5.68. The molecule has 1 unspecified atom stereocenters. The van der Waals surface area contributed by atoms with Crippen LogP contribution in [0.25, 0.3) is 0 Å². The molecule has 1 N–H and O–H groups in total. The van der Waals surface area contributed by atoms with Gasteiger partial charge in [-0.25, -0.2) is 0 Å². The predicted molar refractivity (Wildman–Crippen MR) is 71.6 cm³/mol. The first-order valence-corrected chi connectivity index (χ1v) is 6.92. The third-order valence-electron chi connectivity index (χ3n) is 3.82. The van der Waals surface area contributed by atoms with E-state index < -0.39 is 0 Å². The Balaban J connectivity index is 1.91. The van der Waals surface area contributed by atoms with E-state index in [9.17, 15) is 0 Å². The number of nitrogens with zero attached hydrogens (tertiary/aromatic N) is 3. The van der Waals surface area contributed by atoms with E-state index in [0.29, 0.717) is 11.9 Å². The summed E-state index contributed by atoms with van der Waals surface area (Å²) < 4.78 is 5.68. The van der Waals surface area contributed by atoms with Gasteiger partial charge in [0.1, 0.15) is 0 Å². The van der Waals surface area contributed by atoms with Crippen LogP contribution in [-0.2, 0) is 0 Å². The molecule has 1 aromatic heterocycles. The SMILES string of the molecule is CNC(C)c1nnc(N(C)CC2CCCCC2)o1. The Hall–Kier alpha value is -1.10. The third-order valence-corrected chi connectivity index (χ3v) is 3.82. The van der Waals surface area contributed by atoms with E-state index in [-0.39, 0.29) is 6.04 Å². The first-order chi connectivity index (χ1) is 8.70. The quantitative estimate of drug-likeness (QED) is 0.872. The Kier molecular flexibility index (Phi) is 4.58. The Morgan fingerprint density at radius 3 is 2.72 bits per heavy atom. The molecule has 1 atom stereocenters. The zero-order chi connectivity index (χ0) is 13.0. The molecule has 0 saturated heterocycles. The highest BCUT2D eigenvalue weighted by Crippen LogP contribution is 2.25. The molecule has 1 saturated carbocycles. The monoisotopic (exact) mass is 252 g/mol. The van der Waals surface area contributed by atoms with E-state index in [2.05, 4.69) is 20.4 Å². The number of rotatable bonds is 5. The van der Waals surface area contributed by atoms with Gasteiger partial charge in [-0.05, 0) is 32.7 Å². The summed E-state index contributed by atoms with van der Waals surface area (Å²) in [4.78, 5) is 2.09. The van der Waals surface area contributed by atoms with Gasteiger partial charge in [-0.15, -0.1) is 5.10 Å². The first-order valence-electron chi connectivity index (χ1n) is 6.92. The van der Waals surface area contributed by atoms with Crippen LogP contribution in [0.1, 0.15) is 51.0 Å². The average molecular weight is 252 g/mol. The predicted octanol–water partition coefficient (Wildman–Crippen LogP) is 2.37. The molecule has 102 valence electrons. The minimum absolute atomic E-state index is 0.106. The Bertz CT molecular complexity index is 360. The van der Waals surface area contributed by atoms with Crippen molar-refractivity contribution in [3.63, 3.8) is 0 Å². The molecule has 0 spiro atoms. The van der Waals surface area contributed by atoms with Gasteiger partial charge in [0.15, 0.2) is 0 Å². The summed E-state index contributed by atoms with van der Waals surface area (Å²) in [6, 6.07) is 0.743. The van der Waals surface area contributed by atoms with Gasteiger partial charge in [-0.3, -0.25) is 0 Å². The van der Waals surface area contributed by atoms with E-state index in [1.807, 2.05) is 21.0 Å². The van der Waals surface area contributed by atoms with Gasteiger partial charge in [0.25, 0.3) is 0 Å². The van der Waals surface area contributed by atoms with E-state index in [1.54, 1.807) is 0 Å². The summed E-state index contributed by atoms with van der Waals surface area (Å²) in [6.07, 6.45) is 6.79. The molecule has 0 bridgehead atoms. The van der Waals surface area contributed by atoms with Crippen LogP contribution in [-0.4, -0.2) is 30.8 Å². The molecule has 0 radical (unpaired) electrons. The number of hydrogen-bond donors (Lipinski definition) is 1.